The molecular weight excluding hydrogens is 340 g/mol. The predicted octanol–water partition coefficient (Wildman–Crippen LogP) is 7.76. The van der Waals surface area contributed by atoms with Crippen molar-refractivity contribution < 1.29 is 4.74 Å². The SMILES string of the molecule is CC.Cc1cc(-c2ccccc2)cc2ccc3cc(C4CCO4)cc(C)c3c12. The van der Waals surface area contributed by atoms with Crippen LogP contribution in [0.3, 0.4) is 0 Å². The lowest BCUT2D eigenvalue weighted by Gasteiger charge is -2.27. The Kier molecular flexibility index (Phi) is 5.19. The lowest BCUT2D eigenvalue weighted by Crippen LogP contribution is -2.18. The molecule has 0 spiro atoms. The van der Waals surface area contributed by atoms with Crippen LogP contribution in [0.15, 0.2) is 66.7 Å². The standard InChI is InChI=1S/C25H22O.C2H6/c1-16-12-21(18-6-4-3-5-7-18)14-19-8-9-20-15-22(23-10-11-26-23)13-17(2)25(20)24(16)19;1-2/h3-9,12-15,23H,10-11H2,1-2H3;1-2H3. The Morgan fingerprint density at radius 2 is 1.32 bits per heavy atom. The predicted molar refractivity (Wildman–Crippen MR) is 121 cm³/mol. The Bertz CT molecular complexity index is 1120. The van der Waals surface area contributed by atoms with Gasteiger partial charge in [-0.05, 0) is 75.3 Å². The van der Waals surface area contributed by atoms with E-state index < -0.39 is 0 Å². The van der Waals surface area contributed by atoms with Gasteiger partial charge >= 0.3 is 0 Å². The summed E-state index contributed by atoms with van der Waals surface area (Å²) in [5.74, 6) is 0. The van der Waals surface area contributed by atoms with E-state index in [0.717, 1.165) is 13.0 Å². The first-order valence-corrected chi connectivity index (χ1v) is 10.4. The van der Waals surface area contributed by atoms with Crippen molar-refractivity contribution in [2.75, 3.05) is 6.61 Å². The largest absolute Gasteiger partial charge is 0.373 e. The zero-order chi connectivity index (χ0) is 19.7. The lowest BCUT2D eigenvalue weighted by molar-refractivity contribution is -0.0526. The van der Waals surface area contributed by atoms with Crippen LogP contribution in [-0.2, 0) is 4.74 Å². The maximum absolute atomic E-state index is 5.70. The molecule has 1 fully saturated rings. The topological polar surface area (TPSA) is 9.23 Å². The van der Waals surface area contributed by atoms with Crippen LogP contribution in [0.1, 0.15) is 43.1 Å². The highest BCUT2D eigenvalue weighted by Crippen LogP contribution is 2.37. The second kappa shape index (κ2) is 7.77. The van der Waals surface area contributed by atoms with Gasteiger partial charge in [0.05, 0.1) is 12.7 Å². The van der Waals surface area contributed by atoms with Gasteiger partial charge in [0.25, 0.3) is 0 Å². The molecule has 0 saturated carbocycles. The van der Waals surface area contributed by atoms with E-state index in [4.69, 9.17) is 4.74 Å². The molecule has 1 heteroatoms. The van der Waals surface area contributed by atoms with Gasteiger partial charge in [0.2, 0.25) is 0 Å². The summed E-state index contributed by atoms with van der Waals surface area (Å²) in [6.45, 7) is 9.35. The van der Waals surface area contributed by atoms with E-state index in [9.17, 15) is 0 Å². The Hall–Kier alpha value is -2.64. The molecule has 1 aliphatic rings. The number of hydrogen-bond donors (Lipinski definition) is 0. The van der Waals surface area contributed by atoms with Crippen molar-refractivity contribution in [1.82, 2.24) is 0 Å². The van der Waals surface area contributed by atoms with E-state index in [1.165, 1.54) is 49.4 Å². The summed E-state index contributed by atoms with van der Waals surface area (Å²) in [6.07, 6.45) is 1.42. The molecule has 0 aliphatic carbocycles. The van der Waals surface area contributed by atoms with E-state index in [1.807, 2.05) is 13.8 Å². The third kappa shape index (κ3) is 3.21. The van der Waals surface area contributed by atoms with Gasteiger partial charge in [-0.25, -0.2) is 0 Å². The van der Waals surface area contributed by atoms with Crippen LogP contribution in [0.2, 0.25) is 0 Å². The van der Waals surface area contributed by atoms with Gasteiger partial charge < -0.3 is 4.74 Å². The van der Waals surface area contributed by atoms with Gasteiger partial charge in [0, 0.05) is 6.42 Å². The Balaban J connectivity index is 0.000000932. The molecule has 1 atom stereocenters. The first kappa shape index (κ1) is 18.7. The number of benzene rings is 4. The second-order valence-electron chi connectivity index (χ2n) is 7.41. The summed E-state index contributed by atoms with van der Waals surface area (Å²) in [5.41, 5.74) is 6.55. The molecule has 1 unspecified atom stereocenters. The molecule has 142 valence electrons. The van der Waals surface area contributed by atoms with E-state index in [2.05, 4.69) is 80.6 Å². The lowest BCUT2D eigenvalue weighted by atomic mass is 9.89. The number of fused-ring (bicyclic) bond motifs is 3. The smallest absolute Gasteiger partial charge is 0.0847 e. The molecule has 0 amide bonds. The van der Waals surface area contributed by atoms with E-state index in [1.54, 1.807) is 0 Å². The van der Waals surface area contributed by atoms with Crippen LogP contribution < -0.4 is 0 Å². The molecule has 4 aromatic rings. The maximum Gasteiger partial charge on any atom is 0.0847 e. The van der Waals surface area contributed by atoms with E-state index in [0.29, 0.717) is 0 Å². The van der Waals surface area contributed by atoms with Crippen LogP contribution in [0.5, 0.6) is 0 Å². The minimum atomic E-state index is 0.287. The van der Waals surface area contributed by atoms with E-state index in [-0.39, 0.29) is 6.10 Å². The minimum absolute atomic E-state index is 0.287. The van der Waals surface area contributed by atoms with Crippen LogP contribution in [0.25, 0.3) is 32.7 Å². The van der Waals surface area contributed by atoms with Crippen molar-refractivity contribution in [3.63, 3.8) is 0 Å². The van der Waals surface area contributed by atoms with Crippen molar-refractivity contribution in [2.24, 2.45) is 0 Å². The summed E-state index contributed by atoms with van der Waals surface area (Å²) in [7, 11) is 0. The fourth-order valence-electron chi connectivity index (χ4n) is 4.26. The molecule has 4 aromatic carbocycles. The van der Waals surface area contributed by atoms with E-state index >= 15 is 0 Å². The molecule has 5 rings (SSSR count). The zero-order valence-electron chi connectivity index (χ0n) is 17.3. The highest BCUT2D eigenvalue weighted by Gasteiger charge is 2.21. The minimum Gasteiger partial charge on any atom is -0.373 e. The summed E-state index contributed by atoms with van der Waals surface area (Å²) < 4.78 is 5.70. The summed E-state index contributed by atoms with van der Waals surface area (Å²) in [4.78, 5) is 0. The van der Waals surface area contributed by atoms with Crippen molar-refractivity contribution in [1.29, 1.82) is 0 Å². The third-order valence-electron chi connectivity index (χ3n) is 5.62. The Morgan fingerprint density at radius 3 is 1.93 bits per heavy atom. The third-order valence-corrected chi connectivity index (χ3v) is 5.62. The molecular formula is C27H28O. The number of ether oxygens (including phenoxy) is 1. The van der Waals surface area contributed by atoms with Crippen molar-refractivity contribution >= 4 is 21.5 Å². The molecule has 28 heavy (non-hydrogen) atoms. The monoisotopic (exact) mass is 368 g/mol. The average Bonchev–Trinajstić information content (AvgIpc) is 2.68. The maximum atomic E-state index is 5.70. The molecule has 1 saturated heterocycles. The van der Waals surface area contributed by atoms with Gasteiger partial charge in [0.15, 0.2) is 0 Å². The Morgan fingerprint density at radius 1 is 0.714 bits per heavy atom. The van der Waals surface area contributed by atoms with Crippen LogP contribution in [0, 0.1) is 13.8 Å². The second-order valence-corrected chi connectivity index (χ2v) is 7.41. The number of hydrogen-bond acceptors (Lipinski definition) is 1. The molecule has 1 nitrogen and oxygen atoms in total. The number of rotatable bonds is 2. The zero-order valence-corrected chi connectivity index (χ0v) is 17.3. The van der Waals surface area contributed by atoms with Crippen LogP contribution >= 0.6 is 0 Å². The fraction of sp³-hybridized carbons (Fsp3) is 0.259. The molecule has 0 radical (unpaired) electrons. The van der Waals surface area contributed by atoms with Crippen LogP contribution in [0.4, 0.5) is 0 Å². The highest BCUT2D eigenvalue weighted by molar-refractivity contribution is 6.11. The Labute approximate surface area is 168 Å². The molecule has 1 heterocycles. The molecule has 0 aromatic heterocycles. The van der Waals surface area contributed by atoms with Crippen molar-refractivity contribution in [3.05, 3.63) is 83.4 Å². The van der Waals surface area contributed by atoms with Crippen molar-refractivity contribution in [2.45, 2.75) is 40.2 Å². The highest BCUT2D eigenvalue weighted by atomic mass is 16.5. The molecule has 0 N–H and O–H groups in total. The van der Waals surface area contributed by atoms with Gasteiger partial charge in [-0.2, -0.15) is 0 Å². The van der Waals surface area contributed by atoms with Gasteiger partial charge in [-0.3, -0.25) is 0 Å². The summed E-state index contributed by atoms with van der Waals surface area (Å²) in [6, 6.07) is 24.4. The van der Waals surface area contributed by atoms with Gasteiger partial charge in [0.1, 0.15) is 0 Å². The first-order valence-electron chi connectivity index (χ1n) is 10.4. The van der Waals surface area contributed by atoms with Gasteiger partial charge in [-0.1, -0.05) is 68.4 Å². The number of aryl methyl sites for hydroxylation is 2. The average molecular weight is 369 g/mol. The van der Waals surface area contributed by atoms with Crippen molar-refractivity contribution in [3.8, 4) is 11.1 Å². The normalized spacial score (nSPS) is 15.8. The first-order chi connectivity index (χ1) is 13.7. The summed E-state index contributed by atoms with van der Waals surface area (Å²) >= 11 is 0. The molecule has 1 aliphatic heterocycles. The quantitative estimate of drug-likeness (QED) is 0.328. The van der Waals surface area contributed by atoms with Crippen LogP contribution in [-0.4, -0.2) is 6.61 Å². The molecule has 0 bridgehead atoms. The summed E-state index contributed by atoms with van der Waals surface area (Å²) in [5, 5.41) is 5.38. The fourth-order valence-corrected chi connectivity index (χ4v) is 4.26. The van der Waals surface area contributed by atoms with Gasteiger partial charge in [-0.15, -0.1) is 0 Å².